The molecule has 0 bridgehead atoms. The van der Waals surface area contributed by atoms with Crippen molar-refractivity contribution in [2.75, 3.05) is 48.8 Å². The number of ether oxygens (including phenoxy) is 1. The Morgan fingerprint density at radius 2 is 1.38 bits per heavy atom. The number of nitrogens with zero attached hydrogens (tertiary/aromatic N) is 1. The van der Waals surface area contributed by atoms with E-state index < -0.39 is 0 Å². The molecule has 170 valence electrons. The molecular weight excluding hydrogens is 408 g/mol. The van der Waals surface area contributed by atoms with Gasteiger partial charge in [0.2, 0.25) is 11.8 Å². The molecule has 0 saturated carbocycles. The molecule has 0 radical (unpaired) electrons. The lowest BCUT2D eigenvalue weighted by molar-refractivity contribution is -0.117. The number of hydrogen-bond acceptors (Lipinski definition) is 5. The molecule has 0 spiro atoms. The number of carbonyl (C=O) groups is 3. The minimum absolute atomic E-state index is 0.0126. The van der Waals surface area contributed by atoms with Crippen molar-refractivity contribution in [3.05, 3.63) is 54.1 Å². The Morgan fingerprint density at radius 1 is 0.844 bits per heavy atom. The van der Waals surface area contributed by atoms with Crippen molar-refractivity contribution >= 4 is 34.8 Å². The number of benzene rings is 2. The van der Waals surface area contributed by atoms with Gasteiger partial charge in [0, 0.05) is 42.1 Å². The average molecular weight is 439 g/mol. The first-order valence-electron chi connectivity index (χ1n) is 10.8. The van der Waals surface area contributed by atoms with E-state index in [1.165, 1.54) is 0 Å². The first kappa shape index (κ1) is 23.3. The van der Waals surface area contributed by atoms with E-state index in [0.717, 1.165) is 5.69 Å². The van der Waals surface area contributed by atoms with E-state index in [4.69, 9.17) is 4.74 Å². The maximum Gasteiger partial charge on any atom is 0.254 e. The van der Waals surface area contributed by atoms with Crippen LogP contribution in [0.5, 0.6) is 0 Å². The molecule has 2 aromatic carbocycles. The predicted molar refractivity (Wildman–Crippen MR) is 125 cm³/mol. The molecule has 3 amide bonds. The van der Waals surface area contributed by atoms with Crippen molar-refractivity contribution < 1.29 is 19.1 Å². The highest BCUT2D eigenvalue weighted by molar-refractivity contribution is 5.96. The number of amides is 3. The lowest BCUT2D eigenvalue weighted by Gasteiger charge is -2.26. The van der Waals surface area contributed by atoms with Crippen LogP contribution in [0.25, 0.3) is 0 Å². The third-order valence-corrected chi connectivity index (χ3v) is 4.93. The van der Waals surface area contributed by atoms with Gasteiger partial charge in [-0.2, -0.15) is 0 Å². The highest BCUT2D eigenvalue weighted by Gasteiger charge is 2.18. The molecule has 1 fully saturated rings. The van der Waals surface area contributed by atoms with Crippen LogP contribution in [0.1, 0.15) is 30.6 Å². The summed E-state index contributed by atoms with van der Waals surface area (Å²) in [4.78, 5) is 38.3. The summed E-state index contributed by atoms with van der Waals surface area (Å²) >= 11 is 0. The lowest BCUT2D eigenvalue weighted by Crippen LogP contribution is -2.40. The second kappa shape index (κ2) is 11.3. The van der Waals surface area contributed by atoms with Crippen molar-refractivity contribution in [2.45, 2.75) is 20.3 Å². The summed E-state index contributed by atoms with van der Waals surface area (Å²) in [7, 11) is 0. The zero-order valence-electron chi connectivity index (χ0n) is 18.5. The van der Waals surface area contributed by atoms with Gasteiger partial charge in [-0.05, 0) is 54.4 Å². The van der Waals surface area contributed by atoms with E-state index in [2.05, 4.69) is 16.0 Å². The molecule has 32 heavy (non-hydrogen) atoms. The van der Waals surface area contributed by atoms with Crippen LogP contribution in [0.3, 0.4) is 0 Å². The van der Waals surface area contributed by atoms with Gasteiger partial charge in [0.25, 0.3) is 5.91 Å². The second-order valence-corrected chi connectivity index (χ2v) is 8.11. The Kier molecular flexibility index (Phi) is 8.21. The molecule has 1 saturated heterocycles. The molecule has 8 nitrogen and oxygen atoms in total. The molecular formula is C24H30N4O4. The maximum absolute atomic E-state index is 12.5. The van der Waals surface area contributed by atoms with Crippen LogP contribution in [0, 0.1) is 5.92 Å². The van der Waals surface area contributed by atoms with Gasteiger partial charge in [0.05, 0.1) is 19.8 Å². The largest absolute Gasteiger partial charge is 0.378 e. The Balaban J connectivity index is 1.44. The highest BCUT2D eigenvalue weighted by atomic mass is 16.5. The number of nitrogens with one attached hydrogen (secondary N) is 3. The lowest BCUT2D eigenvalue weighted by atomic mass is 10.1. The van der Waals surface area contributed by atoms with Gasteiger partial charge in [-0.25, -0.2) is 0 Å². The van der Waals surface area contributed by atoms with Gasteiger partial charge in [0.1, 0.15) is 0 Å². The smallest absolute Gasteiger partial charge is 0.254 e. The summed E-state index contributed by atoms with van der Waals surface area (Å²) in [5, 5.41) is 8.70. The van der Waals surface area contributed by atoms with Gasteiger partial charge in [-0.15, -0.1) is 0 Å². The molecule has 0 aromatic heterocycles. The number of rotatable bonds is 8. The number of hydrogen-bond donors (Lipinski definition) is 3. The van der Waals surface area contributed by atoms with Crippen molar-refractivity contribution in [3.8, 4) is 0 Å². The SMILES string of the molecule is CC(C)CC(=O)Nc1ccc(NC(=O)CNc2ccc(C(=O)N3CCOCC3)cc2)cc1. The van der Waals surface area contributed by atoms with Crippen LogP contribution >= 0.6 is 0 Å². The molecule has 8 heteroatoms. The monoisotopic (exact) mass is 438 g/mol. The van der Waals surface area contributed by atoms with Gasteiger partial charge in [0.15, 0.2) is 0 Å². The Labute approximate surface area is 188 Å². The van der Waals surface area contributed by atoms with Gasteiger partial charge in [-0.1, -0.05) is 13.8 Å². The molecule has 1 aliphatic rings. The molecule has 0 aliphatic carbocycles. The molecule has 3 rings (SSSR count). The van der Waals surface area contributed by atoms with E-state index in [0.29, 0.717) is 55.6 Å². The van der Waals surface area contributed by atoms with Crippen LogP contribution in [-0.2, 0) is 14.3 Å². The summed E-state index contributed by atoms with van der Waals surface area (Å²) < 4.78 is 5.28. The van der Waals surface area contributed by atoms with E-state index in [9.17, 15) is 14.4 Å². The topological polar surface area (TPSA) is 99.8 Å². The summed E-state index contributed by atoms with van der Waals surface area (Å²) in [6.07, 6.45) is 0.465. The first-order valence-corrected chi connectivity index (χ1v) is 10.8. The van der Waals surface area contributed by atoms with E-state index in [-0.39, 0.29) is 24.3 Å². The van der Waals surface area contributed by atoms with Crippen LogP contribution < -0.4 is 16.0 Å². The minimum Gasteiger partial charge on any atom is -0.378 e. The highest BCUT2D eigenvalue weighted by Crippen LogP contribution is 2.15. The van der Waals surface area contributed by atoms with E-state index >= 15 is 0 Å². The summed E-state index contributed by atoms with van der Waals surface area (Å²) in [6.45, 7) is 6.40. The Morgan fingerprint density at radius 3 is 1.94 bits per heavy atom. The molecule has 0 unspecified atom stereocenters. The van der Waals surface area contributed by atoms with Crippen molar-refractivity contribution in [3.63, 3.8) is 0 Å². The molecule has 0 atom stereocenters. The molecule has 3 N–H and O–H groups in total. The summed E-state index contributed by atoms with van der Waals surface area (Å²) in [6, 6.07) is 14.1. The van der Waals surface area contributed by atoms with Crippen LogP contribution in [0.15, 0.2) is 48.5 Å². The Bertz CT molecular complexity index is 920. The normalized spacial score (nSPS) is 13.5. The molecule has 1 heterocycles. The first-order chi connectivity index (χ1) is 15.4. The third-order valence-electron chi connectivity index (χ3n) is 4.93. The quantitative estimate of drug-likeness (QED) is 0.588. The van der Waals surface area contributed by atoms with E-state index in [1.54, 1.807) is 53.4 Å². The zero-order chi connectivity index (χ0) is 22.9. The summed E-state index contributed by atoms with van der Waals surface area (Å²) in [5.74, 6) is 0.0534. The molecule has 2 aromatic rings. The van der Waals surface area contributed by atoms with Gasteiger partial charge in [-0.3, -0.25) is 14.4 Å². The fraction of sp³-hybridized carbons (Fsp3) is 0.375. The van der Waals surface area contributed by atoms with Crippen molar-refractivity contribution in [1.29, 1.82) is 0 Å². The second-order valence-electron chi connectivity index (χ2n) is 8.11. The Hall–Kier alpha value is -3.39. The van der Waals surface area contributed by atoms with E-state index in [1.807, 2.05) is 13.8 Å². The van der Waals surface area contributed by atoms with Crippen LogP contribution in [0.2, 0.25) is 0 Å². The molecule has 1 aliphatic heterocycles. The average Bonchev–Trinajstić information content (AvgIpc) is 2.79. The number of anilines is 3. The standard InChI is InChI=1S/C24H30N4O4/c1-17(2)15-22(29)26-20-7-9-21(10-8-20)27-23(30)16-25-19-5-3-18(4-6-19)24(31)28-11-13-32-14-12-28/h3-10,17,25H,11-16H2,1-2H3,(H,26,29)(H,27,30). The maximum atomic E-state index is 12.5. The van der Waals surface area contributed by atoms with Gasteiger partial charge >= 0.3 is 0 Å². The minimum atomic E-state index is -0.199. The number of carbonyl (C=O) groups excluding carboxylic acids is 3. The number of morpholine rings is 1. The van der Waals surface area contributed by atoms with Crippen LogP contribution in [-0.4, -0.2) is 55.5 Å². The summed E-state index contributed by atoms with van der Waals surface area (Å²) in [5.41, 5.74) is 2.70. The van der Waals surface area contributed by atoms with Crippen molar-refractivity contribution in [2.24, 2.45) is 5.92 Å². The zero-order valence-corrected chi connectivity index (χ0v) is 18.5. The van der Waals surface area contributed by atoms with Crippen molar-refractivity contribution in [1.82, 2.24) is 4.90 Å². The predicted octanol–water partition coefficient (Wildman–Crippen LogP) is 3.19. The van der Waals surface area contributed by atoms with Crippen LogP contribution in [0.4, 0.5) is 17.1 Å². The fourth-order valence-corrected chi connectivity index (χ4v) is 3.29. The third kappa shape index (κ3) is 7.09. The van der Waals surface area contributed by atoms with Gasteiger partial charge < -0.3 is 25.6 Å². The fourth-order valence-electron chi connectivity index (χ4n) is 3.29.